The van der Waals surface area contributed by atoms with Gasteiger partial charge in [0, 0.05) is 21.7 Å². The van der Waals surface area contributed by atoms with Gasteiger partial charge in [0.15, 0.2) is 11.7 Å². The number of nitrogens with two attached hydrogens (primary N) is 1. The molecule has 0 aliphatic carbocycles. The molecule has 0 saturated heterocycles. The van der Waals surface area contributed by atoms with Crippen molar-refractivity contribution in [2.24, 2.45) is 0 Å². The Morgan fingerprint density at radius 2 is 2.16 bits per heavy atom. The Kier molecular flexibility index (Phi) is 5.21. The van der Waals surface area contributed by atoms with E-state index in [1.54, 1.807) is 18.2 Å². The van der Waals surface area contributed by atoms with E-state index >= 15 is 0 Å². The molecule has 7 heteroatoms. The second-order valence-corrected chi connectivity index (χ2v) is 6.72. The molecule has 0 bridgehead atoms. The van der Waals surface area contributed by atoms with Crippen LogP contribution in [0, 0.1) is 6.92 Å². The van der Waals surface area contributed by atoms with E-state index in [1.165, 1.54) is 11.3 Å². The molecule has 128 valence electrons. The van der Waals surface area contributed by atoms with Gasteiger partial charge in [0.25, 0.3) is 5.91 Å². The minimum atomic E-state index is -0.256. The van der Waals surface area contributed by atoms with Gasteiger partial charge < -0.3 is 15.8 Å². The van der Waals surface area contributed by atoms with E-state index in [0.717, 1.165) is 16.8 Å². The highest BCUT2D eigenvalue weighted by Crippen LogP contribution is 2.26. The van der Waals surface area contributed by atoms with Crippen LogP contribution in [0.2, 0.25) is 5.02 Å². The normalized spacial score (nSPS) is 10.5. The number of anilines is 2. The van der Waals surface area contributed by atoms with Crippen molar-refractivity contribution in [1.29, 1.82) is 0 Å². The average Bonchev–Trinajstić information content (AvgIpc) is 3.03. The van der Waals surface area contributed by atoms with Crippen molar-refractivity contribution < 1.29 is 9.53 Å². The summed E-state index contributed by atoms with van der Waals surface area (Å²) in [5.41, 5.74) is 8.94. The van der Waals surface area contributed by atoms with Crippen LogP contribution in [-0.2, 0) is 4.79 Å². The van der Waals surface area contributed by atoms with Gasteiger partial charge in [-0.15, -0.1) is 11.3 Å². The van der Waals surface area contributed by atoms with Crippen molar-refractivity contribution >= 4 is 39.7 Å². The maximum Gasteiger partial charge on any atom is 0.262 e. The number of carbonyl (C=O) groups excluding carboxylic acids is 1. The molecule has 2 aromatic carbocycles. The lowest BCUT2D eigenvalue weighted by atomic mass is 10.2. The number of nitrogens with one attached hydrogen (secondary N) is 1. The Balaban J connectivity index is 1.63. The number of benzene rings is 2. The number of amides is 1. The molecule has 1 amide bonds. The predicted octanol–water partition coefficient (Wildman–Crippen LogP) is 4.37. The molecule has 3 rings (SSSR count). The van der Waals surface area contributed by atoms with Crippen LogP contribution in [0.5, 0.6) is 5.75 Å². The molecule has 0 aliphatic heterocycles. The van der Waals surface area contributed by atoms with E-state index in [4.69, 9.17) is 22.1 Å². The Bertz CT molecular complexity index is 911. The van der Waals surface area contributed by atoms with E-state index in [-0.39, 0.29) is 12.5 Å². The number of halogens is 1. The van der Waals surface area contributed by atoms with Crippen LogP contribution in [0.25, 0.3) is 11.3 Å². The number of rotatable bonds is 5. The van der Waals surface area contributed by atoms with Crippen LogP contribution >= 0.6 is 22.9 Å². The molecular weight excluding hydrogens is 358 g/mol. The number of nitrogen functional groups attached to an aromatic ring is 1. The van der Waals surface area contributed by atoms with E-state index in [0.29, 0.717) is 21.6 Å². The van der Waals surface area contributed by atoms with Gasteiger partial charge in [-0.1, -0.05) is 29.8 Å². The van der Waals surface area contributed by atoms with Crippen LogP contribution < -0.4 is 15.8 Å². The van der Waals surface area contributed by atoms with Crippen molar-refractivity contribution in [3.8, 4) is 17.0 Å². The maximum absolute atomic E-state index is 12.1. The molecule has 0 fully saturated rings. The Morgan fingerprint density at radius 3 is 2.92 bits per heavy atom. The summed E-state index contributed by atoms with van der Waals surface area (Å²) in [5.74, 6) is 0.329. The molecule has 0 aliphatic rings. The number of hydrogen-bond donors (Lipinski definition) is 2. The molecule has 0 atom stereocenters. The SMILES string of the molecule is Cc1ccc(Cl)cc1NC(=O)COc1cccc(-c2csc(N)n2)c1. The first-order valence-electron chi connectivity index (χ1n) is 7.51. The van der Waals surface area contributed by atoms with E-state index < -0.39 is 0 Å². The van der Waals surface area contributed by atoms with Gasteiger partial charge in [-0.05, 0) is 36.8 Å². The fraction of sp³-hybridized carbons (Fsp3) is 0.111. The molecule has 0 radical (unpaired) electrons. The topological polar surface area (TPSA) is 77.2 Å². The van der Waals surface area contributed by atoms with Gasteiger partial charge in [-0.3, -0.25) is 4.79 Å². The summed E-state index contributed by atoms with van der Waals surface area (Å²) in [6.07, 6.45) is 0. The fourth-order valence-corrected chi connectivity index (χ4v) is 2.97. The quantitative estimate of drug-likeness (QED) is 0.696. The molecule has 25 heavy (non-hydrogen) atoms. The lowest BCUT2D eigenvalue weighted by molar-refractivity contribution is -0.118. The van der Waals surface area contributed by atoms with Gasteiger partial charge in [-0.2, -0.15) is 0 Å². The van der Waals surface area contributed by atoms with Crippen LogP contribution in [0.3, 0.4) is 0 Å². The fourth-order valence-electron chi connectivity index (χ4n) is 2.23. The number of thiazole rings is 1. The largest absolute Gasteiger partial charge is 0.484 e. The first-order chi connectivity index (χ1) is 12.0. The molecule has 0 unspecified atom stereocenters. The number of aromatic nitrogens is 1. The highest BCUT2D eigenvalue weighted by Gasteiger charge is 2.08. The summed E-state index contributed by atoms with van der Waals surface area (Å²) in [5, 5.41) is 5.75. The second kappa shape index (κ2) is 7.55. The molecule has 1 heterocycles. The molecule has 3 N–H and O–H groups in total. The number of aryl methyl sites for hydroxylation is 1. The standard InChI is InChI=1S/C18H16ClN3O2S/c1-11-5-6-13(19)8-15(11)21-17(23)9-24-14-4-2-3-12(7-14)16-10-25-18(20)22-16/h2-8,10H,9H2,1H3,(H2,20,22)(H,21,23). The van der Waals surface area contributed by atoms with E-state index in [2.05, 4.69) is 10.3 Å². The lowest BCUT2D eigenvalue weighted by Gasteiger charge is -2.10. The highest BCUT2D eigenvalue weighted by molar-refractivity contribution is 7.13. The summed E-state index contributed by atoms with van der Waals surface area (Å²) in [6.45, 7) is 1.80. The summed E-state index contributed by atoms with van der Waals surface area (Å²) in [4.78, 5) is 16.3. The molecule has 0 spiro atoms. The van der Waals surface area contributed by atoms with E-state index in [9.17, 15) is 4.79 Å². The Labute approximate surface area is 154 Å². The van der Waals surface area contributed by atoms with Gasteiger partial charge in [0.1, 0.15) is 5.75 Å². The third-order valence-electron chi connectivity index (χ3n) is 3.50. The van der Waals surface area contributed by atoms with Crippen molar-refractivity contribution in [3.05, 3.63) is 58.4 Å². The molecule has 5 nitrogen and oxygen atoms in total. The van der Waals surface area contributed by atoms with Gasteiger partial charge in [0.05, 0.1) is 5.69 Å². The highest BCUT2D eigenvalue weighted by atomic mass is 35.5. The first kappa shape index (κ1) is 17.3. The summed E-state index contributed by atoms with van der Waals surface area (Å²) in [6, 6.07) is 12.7. The van der Waals surface area contributed by atoms with Crippen molar-refractivity contribution in [2.75, 3.05) is 17.7 Å². The van der Waals surface area contributed by atoms with Crippen LogP contribution in [0.15, 0.2) is 47.8 Å². The third kappa shape index (κ3) is 4.49. The number of hydrogen-bond acceptors (Lipinski definition) is 5. The minimum absolute atomic E-state index is 0.103. The maximum atomic E-state index is 12.1. The number of ether oxygens (including phenoxy) is 1. The average molecular weight is 374 g/mol. The zero-order chi connectivity index (χ0) is 17.8. The van der Waals surface area contributed by atoms with Crippen molar-refractivity contribution in [3.63, 3.8) is 0 Å². The molecule has 1 aromatic heterocycles. The molecular formula is C18H16ClN3O2S. The smallest absolute Gasteiger partial charge is 0.262 e. The zero-order valence-corrected chi connectivity index (χ0v) is 15.0. The third-order valence-corrected chi connectivity index (χ3v) is 4.40. The monoisotopic (exact) mass is 373 g/mol. The minimum Gasteiger partial charge on any atom is -0.484 e. The zero-order valence-electron chi connectivity index (χ0n) is 13.5. The Hall–Kier alpha value is -2.57. The number of nitrogens with zero attached hydrogens (tertiary/aromatic N) is 1. The molecule has 0 saturated carbocycles. The van der Waals surface area contributed by atoms with Crippen LogP contribution in [0.1, 0.15) is 5.56 Å². The summed E-state index contributed by atoms with van der Waals surface area (Å²) < 4.78 is 5.58. The van der Waals surface area contributed by atoms with Crippen molar-refractivity contribution in [2.45, 2.75) is 6.92 Å². The van der Waals surface area contributed by atoms with Crippen LogP contribution in [0.4, 0.5) is 10.8 Å². The second-order valence-electron chi connectivity index (χ2n) is 5.39. The van der Waals surface area contributed by atoms with Crippen molar-refractivity contribution in [1.82, 2.24) is 4.98 Å². The van der Waals surface area contributed by atoms with E-state index in [1.807, 2.05) is 36.6 Å². The van der Waals surface area contributed by atoms with Crippen LogP contribution in [-0.4, -0.2) is 17.5 Å². The summed E-state index contributed by atoms with van der Waals surface area (Å²) in [7, 11) is 0. The predicted molar refractivity (Wildman–Crippen MR) is 102 cm³/mol. The van der Waals surface area contributed by atoms with Gasteiger partial charge in [0.2, 0.25) is 0 Å². The van der Waals surface area contributed by atoms with Gasteiger partial charge >= 0.3 is 0 Å². The number of carbonyl (C=O) groups is 1. The Morgan fingerprint density at radius 1 is 1.32 bits per heavy atom. The first-order valence-corrected chi connectivity index (χ1v) is 8.77. The molecule has 3 aromatic rings. The lowest BCUT2D eigenvalue weighted by Crippen LogP contribution is -2.20. The van der Waals surface area contributed by atoms with Gasteiger partial charge in [-0.25, -0.2) is 4.98 Å². The summed E-state index contributed by atoms with van der Waals surface area (Å²) >= 11 is 7.33.